The van der Waals surface area contributed by atoms with Crippen LogP contribution in [0.25, 0.3) is 11.4 Å². The van der Waals surface area contributed by atoms with Crippen molar-refractivity contribution in [3.63, 3.8) is 0 Å². The van der Waals surface area contributed by atoms with E-state index >= 15 is 0 Å². The van der Waals surface area contributed by atoms with E-state index in [4.69, 9.17) is 4.42 Å². The van der Waals surface area contributed by atoms with E-state index in [0.717, 1.165) is 5.70 Å². The number of carbonyl (C=O) groups excluding carboxylic acids is 1. The third-order valence-electron chi connectivity index (χ3n) is 4.01. The summed E-state index contributed by atoms with van der Waals surface area (Å²) in [6, 6.07) is 0. The lowest BCUT2D eigenvalue weighted by molar-refractivity contribution is -0.140. The molecule has 1 amide bonds. The van der Waals surface area contributed by atoms with Crippen LogP contribution >= 0.6 is 0 Å². The number of oxazole rings is 1. The molecule has 0 radical (unpaired) electrons. The van der Waals surface area contributed by atoms with E-state index in [1.54, 1.807) is 0 Å². The van der Waals surface area contributed by atoms with Crippen LogP contribution in [-0.2, 0) is 10.3 Å². The highest BCUT2D eigenvalue weighted by molar-refractivity contribution is 5.90. The van der Waals surface area contributed by atoms with E-state index in [9.17, 15) is 9.59 Å². The molecule has 3 aliphatic rings. The minimum absolute atomic E-state index is 0.155. The topological polar surface area (TPSA) is 90.0 Å². The maximum absolute atomic E-state index is 12.2. The third-order valence-corrected chi connectivity index (χ3v) is 4.01. The van der Waals surface area contributed by atoms with Gasteiger partial charge in [0.2, 0.25) is 5.65 Å². The van der Waals surface area contributed by atoms with Crippen LogP contribution in [-0.4, -0.2) is 20.4 Å². The largest absolute Gasteiger partial charge is 0.423 e. The Morgan fingerprint density at radius 3 is 2.84 bits per heavy atom. The molecule has 2 aromatic rings. The second kappa shape index (κ2) is 3.11. The Hall–Kier alpha value is -2.44. The number of fused-ring (bicyclic) bond motifs is 3. The van der Waals surface area contributed by atoms with Crippen LogP contribution in [0.3, 0.4) is 0 Å². The molecule has 3 fully saturated rings. The van der Waals surface area contributed by atoms with Gasteiger partial charge in [-0.15, -0.1) is 0 Å². The van der Waals surface area contributed by atoms with Crippen molar-refractivity contribution in [3.05, 3.63) is 35.2 Å². The Morgan fingerprint density at radius 2 is 2.11 bits per heavy atom. The summed E-state index contributed by atoms with van der Waals surface area (Å²) in [4.78, 5) is 32.3. The summed E-state index contributed by atoms with van der Waals surface area (Å²) in [6.45, 7) is 3.81. The zero-order valence-corrected chi connectivity index (χ0v) is 9.92. The molecule has 2 aliphatic heterocycles. The van der Waals surface area contributed by atoms with Crippen LogP contribution in [0.2, 0.25) is 0 Å². The molecular formula is C12H10N4O3. The molecule has 0 spiro atoms. The smallest absolute Gasteiger partial charge is 0.387 e. The van der Waals surface area contributed by atoms with Crippen LogP contribution in [0.15, 0.2) is 33.9 Å². The Morgan fingerprint density at radius 1 is 1.37 bits per heavy atom. The SMILES string of the molecule is C=C1NC(=O)C2(n3c(=O)oc4nccnc43)CC1C2. The minimum Gasteiger partial charge on any atom is -0.387 e. The van der Waals surface area contributed by atoms with E-state index in [0.29, 0.717) is 18.5 Å². The number of carbonyl (C=O) groups is 1. The Labute approximate surface area is 107 Å². The summed E-state index contributed by atoms with van der Waals surface area (Å²) in [5.74, 6) is -0.607. The van der Waals surface area contributed by atoms with Crippen molar-refractivity contribution in [2.45, 2.75) is 18.4 Å². The van der Waals surface area contributed by atoms with Gasteiger partial charge in [0.1, 0.15) is 5.54 Å². The monoisotopic (exact) mass is 258 g/mol. The molecule has 96 valence electrons. The number of rotatable bonds is 1. The molecule has 2 bridgehead atoms. The summed E-state index contributed by atoms with van der Waals surface area (Å²) in [5, 5.41) is 2.72. The highest BCUT2D eigenvalue weighted by Crippen LogP contribution is 2.50. The summed E-state index contributed by atoms with van der Waals surface area (Å²) < 4.78 is 6.38. The van der Waals surface area contributed by atoms with E-state index in [1.807, 2.05) is 0 Å². The van der Waals surface area contributed by atoms with Crippen LogP contribution in [0.4, 0.5) is 0 Å². The van der Waals surface area contributed by atoms with E-state index in [-0.39, 0.29) is 17.5 Å². The van der Waals surface area contributed by atoms with Crippen molar-refractivity contribution >= 4 is 17.3 Å². The summed E-state index contributed by atoms with van der Waals surface area (Å²) in [6.07, 6.45) is 4.03. The molecule has 2 aromatic heterocycles. The van der Waals surface area contributed by atoms with Gasteiger partial charge in [-0.1, -0.05) is 6.58 Å². The van der Waals surface area contributed by atoms with Gasteiger partial charge < -0.3 is 9.73 Å². The maximum Gasteiger partial charge on any atom is 0.423 e. The molecule has 7 heteroatoms. The first-order valence-corrected chi connectivity index (χ1v) is 5.95. The Kier molecular flexibility index (Phi) is 1.72. The molecular weight excluding hydrogens is 248 g/mol. The molecule has 4 heterocycles. The van der Waals surface area contributed by atoms with Crippen LogP contribution in [0, 0.1) is 5.92 Å². The van der Waals surface area contributed by atoms with Crippen LogP contribution in [0.5, 0.6) is 0 Å². The molecule has 1 saturated carbocycles. The molecule has 1 aliphatic carbocycles. The Bertz CT molecular complexity index is 782. The number of aromatic nitrogens is 3. The fourth-order valence-electron chi connectivity index (χ4n) is 2.97. The molecule has 5 rings (SSSR count). The second-order valence-electron chi connectivity index (χ2n) is 5.00. The van der Waals surface area contributed by atoms with Crippen LogP contribution in [0.1, 0.15) is 12.8 Å². The van der Waals surface area contributed by atoms with Gasteiger partial charge in [0, 0.05) is 24.0 Å². The molecule has 1 N–H and O–H groups in total. The molecule has 0 unspecified atom stereocenters. The first-order valence-electron chi connectivity index (χ1n) is 5.95. The van der Waals surface area contributed by atoms with Crippen molar-refractivity contribution in [3.8, 4) is 0 Å². The minimum atomic E-state index is -0.899. The van der Waals surface area contributed by atoms with Crippen molar-refractivity contribution in [1.82, 2.24) is 19.9 Å². The van der Waals surface area contributed by atoms with Gasteiger partial charge in [-0.2, -0.15) is 0 Å². The van der Waals surface area contributed by atoms with Crippen molar-refractivity contribution in [1.29, 1.82) is 0 Å². The molecule has 19 heavy (non-hydrogen) atoms. The van der Waals surface area contributed by atoms with Crippen molar-refractivity contribution in [2.75, 3.05) is 0 Å². The molecule has 0 aromatic carbocycles. The quantitative estimate of drug-likeness (QED) is 0.785. The molecule has 2 saturated heterocycles. The second-order valence-corrected chi connectivity index (χ2v) is 5.00. The lowest BCUT2D eigenvalue weighted by Crippen LogP contribution is -2.64. The number of piperidine rings is 2. The zero-order chi connectivity index (χ0) is 13.2. The van der Waals surface area contributed by atoms with Gasteiger partial charge in [-0.25, -0.2) is 19.3 Å². The standard InChI is InChI=1S/C12H10N4O3/c1-6-7-4-12(5-7,10(17)15-6)16-8-9(19-11(16)18)14-3-2-13-8/h2-3,7H,1,4-5H2,(H,15,17). The normalized spacial score (nSPS) is 29.2. The number of nitrogens with one attached hydrogen (secondary N) is 1. The van der Waals surface area contributed by atoms with Crippen molar-refractivity contribution < 1.29 is 9.21 Å². The summed E-state index contributed by atoms with van der Waals surface area (Å²) >= 11 is 0. The third kappa shape index (κ3) is 1.12. The van der Waals surface area contributed by atoms with E-state index in [1.165, 1.54) is 17.0 Å². The average molecular weight is 258 g/mol. The highest BCUT2D eigenvalue weighted by atomic mass is 16.4. The summed E-state index contributed by atoms with van der Waals surface area (Å²) in [5.41, 5.74) is 0.291. The van der Waals surface area contributed by atoms with Gasteiger partial charge in [-0.3, -0.25) is 4.79 Å². The zero-order valence-electron chi connectivity index (χ0n) is 9.92. The van der Waals surface area contributed by atoms with E-state index in [2.05, 4.69) is 21.9 Å². The van der Waals surface area contributed by atoms with Gasteiger partial charge in [-0.05, 0) is 12.8 Å². The van der Waals surface area contributed by atoms with Gasteiger partial charge >= 0.3 is 5.76 Å². The lowest BCUT2D eigenvalue weighted by atomic mass is 9.63. The highest BCUT2D eigenvalue weighted by Gasteiger charge is 2.58. The fourth-order valence-corrected chi connectivity index (χ4v) is 2.97. The van der Waals surface area contributed by atoms with Crippen molar-refractivity contribution in [2.24, 2.45) is 5.92 Å². The molecule has 0 atom stereocenters. The first-order chi connectivity index (χ1) is 9.12. The number of nitrogens with zero attached hydrogens (tertiary/aromatic N) is 3. The van der Waals surface area contributed by atoms with Crippen LogP contribution < -0.4 is 11.1 Å². The predicted octanol–water partition coefficient (Wildman–Crippen LogP) is 0.133. The molecule has 7 nitrogen and oxygen atoms in total. The number of amides is 1. The summed E-state index contributed by atoms with van der Waals surface area (Å²) in [7, 11) is 0. The Balaban J connectivity index is 1.97. The number of allylic oxidation sites excluding steroid dienone is 1. The lowest BCUT2D eigenvalue weighted by Gasteiger charge is -2.51. The van der Waals surface area contributed by atoms with E-state index < -0.39 is 11.3 Å². The van der Waals surface area contributed by atoms with Gasteiger partial charge in [0.05, 0.1) is 0 Å². The predicted molar refractivity (Wildman–Crippen MR) is 64.0 cm³/mol. The average Bonchev–Trinajstić information content (AvgIpc) is 2.64. The number of hydrogen-bond donors (Lipinski definition) is 1. The fraction of sp³-hybridized carbons (Fsp3) is 0.333. The first kappa shape index (κ1) is 10.5. The maximum atomic E-state index is 12.2. The number of hydrogen-bond acceptors (Lipinski definition) is 5. The van der Waals surface area contributed by atoms with Gasteiger partial charge in [0.15, 0.2) is 0 Å². The van der Waals surface area contributed by atoms with Gasteiger partial charge in [0.25, 0.3) is 11.6 Å².